The van der Waals surface area contributed by atoms with E-state index in [1.54, 1.807) is 6.20 Å². The van der Waals surface area contributed by atoms with Crippen LogP contribution in [0, 0.1) is 6.92 Å². The van der Waals surface area contributed by atoms with Gasteiger partial charge in [0.15, 0.2) is 17.5 Å². The summed E-state index contributed by atoms with van der Waals surface area (Å²) in [5, 5.41) is 10.0. The second-order valence-corrected chi connectivity index (χ2v) is 5.10. The van der Waals surface area contributed by atoms with Crippen LogP contribution in [0.5, 0.6) is 0 Å². The van der Waals surface area contributed by atoms with Crippen molar-refractivity contribution < 1.29 is 0 Å². The summed E-state index contributed by atoms with van der Waals surface area (Å²) in [6.45, 7) is 4.06. The van der Waals surface area contributed by atoms with E-state index in [1.807, 2.05) is 25.1 Å². The van der Waals surface area contributed by atoms with Gasteiger partial charge in [-0.1, -0.05) is 31.2 Å². The third-order valence-electron chi connectivity index (χ3n) is 3.40. The van der Waals surface area contributed by atoms with Gasteiger partial charge >= 0.3 is 0 Å². The minimum Gasteiger partial charge on any atom is -0.382 e. The van der Waals surface area contributed by atoms with Crippen LogP contribution in [0.1, 0.15) is 18.2 Å². The highest BCUT2D eigenvalue weighted by atomic mass is 15.2. The zero-order valence-electron chi connectivity index (χ0n) is 12.6. The van der Waals surface area contributed by atoms with Gasteiger partial charge < -0.3 is 11.1 Å². The van der Waals surface area contributed by atoms with Crippen molar-refractivity contribution in [2.45, 2.75) is 20.3 Å². The van der Waals surface area contributed by atoms with Gasteiger partial charge in [0, 0.05) is 17.3 Å². The number of aromatic amines is 1. The van der Waals surface area contributed by atoms with E-state index < -0.39 is 0 Å². The summed E-state index contributed by atoms with van der Waals surface area (Å²) in [5.74, 6) is 1.64. The number of hydrogen-bond acceptors (Lipinski definition) is 5. The largest absolute Gasteiger partial charge is 0.382 e. The number of hydrogen-bond donors (Lipinski definition) is 3. The Morgan fingerprint density at radius 2 is 1.95 bits per heavy atom. The van der Waals surface area contributed by atoms with E-state index in [0.29, 0.717) is 23.1 Å². The molecule has 22 heavy (non-hydrogen) atoms. The molecule has 0 radical (unpaired) electrons. The first-order chi connectivity index (χ1) is 10.7. The molecule has 2 heterocycles. The molecule has 3 rings (SSSR count). The van der Waals surface area contributed by atoms with Gasteiger partial charge in [0.05, 0.1) is 6.20 Å². The highest BCUT2D eigenvalue weighted by Gasteiger charge is 2.08. The molecule has 6 nitrogen and oxygen atoms in total. The summed E-state index contributed by atoms with van der Waals surface area (Å²) < 4.78 is 0. The molecule has 0 amide bonds. The van der Waals surface area contributed by atoms with Gasteiger partial charge in [-0.15, -0.1) is 0 Å². The third-order valence-corrected chi connectivity index (χ3v) is 3.40. The van der Waals surface area contributed by atoms with Gasteiger partial charge in [0.2, 0.25) is 0 Å². The summed E-state index contributed by atoms with van der Waals surface area (Å²) in [6.07, 6.45) is 2.66. The summed E-state index contributed by atoms with van der Waals surface area (Å²) in [7, 11) is 0. The lowest BCUT2D eigenvalue weighted by molar-refractivity contribution is 1.05. The molecule has 4 N–H and O–H groups in total. The number of nitrogens with zero attached hydrogens (tertiary/aromatic N) is 3. The first kappa shape index (κ1) is 14.1. The van der Waals surface area contributed by atoms with Crippen LogP contribution in [0.15, 0.2) is 36.5 Å². The predicted octanol–water partition coefficient (Wildman–Crippen LogP) is 3.06. The number of nitrogens with one attached hydrogen (secondary N) is 2. The molecule has 2 aromatic heterocycles. The Morgan fingerprint density at radius 1 is 1.18 bits per heavy atom. The zero-order chi connectivity index (χ0) is 15.5. The number of H-pyrrole nitrogens is 1. The molecule has 3 aromatic rings. The van der Waals surface area contributed by atoms with E-state index >= 15 is 0 Å². The Labute approximate surface area is 128 Å². The maximum absolute atomic E-state index is 6.04. The average molecular weight is 294 g/mol. The monoisotopic (exact) mass is 294 g/mol. The predicted molar refractivity (Wildman–Crippen MR) is 87.9 cm³/mol. The Kier molecular flexibility index (Phi) is 3.74. The molecular formula is C16H18N6. The van der Waals surface area contributed by atoms with Crippen LogP contribution in [0.4, 0.5) is 17.5 Å². The quantitative estimate of drug-likeness (QED) is 0.687. The second-order valence-electron chi connectivity index (χ2n) is 5.10. The summed E-state index contributed by atoms with van der Waals surface area (Å²) in [6, 6.07) is 10.1. The number of anilines is 3. The van der Waals surface area contributed by atoms with Crippen molar-refractivity contribution in [2.75, 3.05) is 11.1 Å². The molecule has 0 fully saturated rings. The van der Waals surface area contributed by atoms with Crippen LogP contribution in [0.3, 0.4) is 0 Å². The fraction of sp³-hybridized carbons (Fsp3) is 0.188. The SMILES string of the molecule is CCc1ccc(-c2ncc(Nc3cc(C)[nH]n3)nc2N)cc1. The van der Waals surface area contributed by atoms with Gasteiger partial charge in [-0.05, 0) is 18.9 Å². The minimum atomic E-state index is 0.390. The van der Waals surface area contributed by atoms with Gasteiger partial charge in [-0.2, -0.15) is 5.10 Å². The van der Waals surface area contributed by atoms with E-state index in [2.05, 4.69) is 44.5 Å². The normalized spacial score (nSPS) is 10.6. The number of nitrogen functional groups attached to an aromatic ring is 1. The van der Waals surface area contributed by atoms with E-state index in [9.17, 15) is 0 Å². The molecule has 0 unspecified atom stereocenters. The first-order valence-electron chi connectivity index (χ1n) is 7.16. The van der Waals surface area contributed by atoms with Gasteiger partial charge in [0.1, 0.15) is 5.69 Å². The highest BCUT2D eigenvalue weighted by molar-refractivity contribution is 5.71. The molecular weight excluding hydrogens is 276 g/mol. The topological polar surface area (TPSA) is 92.5 Å². The summed E-state index contributed by atoms with van der Waals surface area (Å²) >= 11 is 0. The molecule has 6 heteroatoms. The lowest BCUT2D eigenvalue weighted by atomic mass is 10.1. The standard InChI is InChI=1S/C16H18N6/c1-3-11-4-6-12(7-5-11)15-16(17)20-14(9-18-15)19-13-8-10(2)21-22-13/h4-9H,3H2,1-2H3,(H4,17,19,20,21,22). The fourth-order valence-electron chi connectivity index (χ4n) is 2.20. The Morgan fingerprint density at radius 3 is 2.55 bits per heavy atom. The van der Waals surface area contributed by atoms with Crippen molar-refractivity contribution in [1.29, 1.82) is 0 Å². The fourth-order valence-corrected chi connectivity index (χ4v) is 2.20. The molecule has 0 aliphatic carbocycles. The molecule has 0 atom stereocenters. The van der Waals surface area contributed by atoms with Crippen molar-refractivity contribution in [2.24, 2.45) is 0 Å². The Bertz CT molecular complexity index is 776. The van der Waals surface area contributed by atoms with E-state index in [4.69, 9.17) is 5.73 Å². The van der Waals surface area contributed by atoms with Crippen LogP contribution in [-0.2, 0) is 6.42 Å². The maximum atomic E-state index is 6.04. The molecule has 112 valence electrons. The smallest absolute Gasteiger partial charge is 0.153 e. The number of rotatable bonds is 4. The molecule has 0 aliphatic rings. The maximum Gasteiger partial charge on any atom is 0.153 e. The van der Waals surface area contributed by atoms with Gasteiger partial charge in [0.25, 0.3) is 0 Å². The van der Waals surface area contributed by atoms with Crippen LogP contribution >= 0.6 is 0 Å². The summed E-state index contributed by atoms with van der Waals surface area (Å²) in [5.41, 5.74) is 9.94. The van der Waals surface area contributed by atoms with Gasteiger partial charge in [-0.3, -0.25) is 5.10 Å². The Hall–Kier alpha value is -2.89. The van der Waals surface area contributed by atoms with Crippen LogP contribution in [0.25, 0.3) is 11.3 Å². The third kappa shape index (κ3) is 2.90. The number of benzene rings is 1. The molecule has 0 saturated heterocycles. The first-order valence-corrected chi connectivity index (χ1v) is 7.16. The second kappa shape index (κ2) is 5.85. The van der Waals surface area contributed by atoms with Crippen molar-refractivity contribution in [3.05, 3.63) is 47.8 Å². The lowest BCUT2D eigenvalue weighted by Gasteiger charge is -2.07. The van der Waals surface area contributed by atoms with Crippen LogP contribution < -0.4 is 11.1 Å². The number of aromatic nitrogens is 4. The van der Waals surface area contributed by atoms with Crippen molar-refractivity contribution in [3.8, 4) is 11.3 Å². The summed E-state index contributed by atoms with van der Waals surface area (Å²) in [4.78, 5) is 8.77. The molecule has 0 saturated carbocycles. The van der Waals surface area contributed by atoms with Gasteiger partial charge in [-0.25, -0.2) is 9.97 Å². The molecule has 0 aliphatic heterocycles. The van der Waals surface area contributed by atoms with Crippen molar-refractivity contribution >= 4 is 17.5 Å². The highest BCUT2D eigenvalue weighted by Crippen LogP contribution is 2.24. The lowest BCUT2D eigenvalue weighted by Crippen LogP contribution is -2.02. The number of aryl methyl sites for hydroxylation is 2. The molecule has 1 aromatic carbocycles. The number of nitrogens with two attached hydrogens (primary N) is 1. The average Bonchev–Trinajstić information content (AvgIpc) is 2.93. The van der Waals surface area contributed by atoms with Crippen LogP contribution in [-0.4, -0.2) is 20.2 Å². The van der Waals surface area contributed by atoms with Crippen LogP contribution in [0.2, 0.25) is 0 Å². The van der Waals surface area contributed by atoms with E-state index in [1.165, 1.54) is 5.56 Å². The van der Waals surface area contributed by atoms with E-state index in [-0.39, 0.29) is 0 Å². The minimum absolute atomic E-state index is 0.390. The van der Waals surface area contributed by atoms with E-state index in [0.717, 1.165) is 17.7 Å². The molecule has 0 bridgehead atoms. The van der Waals surface area contributed by atoms with Crippen molar-refractivity contribution in [1.82, 2.24) is 20.2 Å². The Balaban J connectivity index is 1.84. The van der Waals surface area contributed by atoms with Crippen molar-refractivity contribution in [3.63, 3.8) is 0 Å². The zero-order valence-corrected chi connectivity index (χ0v) is 12.6. The molecule has 0 spiro atoms.